The minimum absolute atomic E-state index is 0.0487. The van der Waals surface area contributed by atoms with Crippen LogP contribution < -0.4 is 4.74 Å². The van der Waals surface area contributed by atoms with Gasteiger partial charge in [0.05, 0.1) is 5.52 Å². The average Bonchev–Trinajstić information content (AvgIpc) is 2.47. The van der Waals surface area contributed by atoms with Gasteiger partial charge in [0, 0.05) is 15.2 Å². The molecule has 0 atom stereocenters. The summed E-state index contributed by atoms with van der Waals surface area (Å²) < 4.78 is 6.85. The van der Waals surface area contributed by atoms with E-state index in [0.29, 0.717) is 22.4 Å². The minimum atomic E-state index is -1.06. The second kappa shape index (κ2) is 5.69. The van der Waals surface area contributed by atoms with E-state index in [2.05, 4.69) is 27.6 Å². The maximum atomic E-state index is 11.4. The molecule has 0 amide bonds. The summed E-state index contributed by atoms with van der Waals surface area (Å²) in [6.07, 6.45) is 1.33. The Bertz CT molecular complexity index is 833. The van der Waals surface area contributed by atoms with Crippen LogP contribution in [0.25, 0.3) is 10.9 Å². The Morgan fingerprint density at radius 2 is 1.95 bits per heavy atom. The number of halogens is 1. The van der Waals surface area contributed by atoms with Crippen molar-refractivity contribution in [2.24, 2.45) is 0 Å². The summed E-state index contributed by atoms with van der Waals surface area (Å²) in [5.41, 5.74) is 0.746. The molecule has 21 heavy (non-hydrogen) atoms. The second-order valence-corrected chi connectivity index (χ2v) is 5.63. The van der Waals surface area contributed by atoms with Crippen molar-refractivity contribution >= 4 is 39.5 Å². The number of hydrogen-bond acceptors (Lipinski definition) is 3. The molecule has 0 aliphatic heterocycles. The van der Waals surface area contributed by atoms with Gasteiger partial charge in [0.1, 0.15) is 11.3 Å². The first-order valence-corrected chi connectivity index (χ1v) is 7.27. The fourth-order valence-corrected chi connectivity index (χ4v) is 2.54. The number of pyridine rings is 1. The third-order valence-electron chi connectivity index (χ3n) is 2.97. The molecule has 5 heteroatoms. The average molecular weight is 391 g/mol. The number of carboxylic acids is 1. The zero-order chi connectivity index (χ0) is 14.8. The van der Waals surface area contributed by atoms with Gasteiger partial charge in [0.2, 0.25) is 0 Å². The molecule has 1 aromatic heterocycles. The van der Waals surface area contributed by atoms with Gasteiger partial charge < -0.3 is 9.84 Å². The standard InChI is InChI=1S/C16H10INO3/c17-10-4-3-5-11(8-10)21-15-12-6-1-2-7-14(12)18-9-13(15)16(19)20/h1-9H,(H,19,20). The Morgan fingerprint density at radius 3 is 2.71 bits per heavy atom. The Balaban J connectivity index is 2.18. The van der Waals surface area contributed by atoms with Gasteiger partial charge in [-0.3, -0.25) is 4.98 Å². The zero-order valence-electron chi connectivity index (χ0n) is 10.8. The van der Waals surface area contributed by atoms with Gasteiger partial charge in [-0.15, -0.1) is 0 Å². The monoisotopic (exact) mass is 391 g/mol. The Labute approximate surface area is 134 Å². The van der Waals surface area contributed by atoms with E-state index in [1.54, 1.807) is 12.1 Å². The van der Waals surface area contributed by atoms with Gasteiger partial charge in [-0.1, -0.05) is 18.2 Å². The lowest BCUT2D eigenvalue weighted by Gasteiger charge is -2.11. The molecule has 0 aliphatic rings. The number of carboxylic acid groups (broad SMARTS) is 1. The van der Waals surface area contributed by atoms with Crippen LogP contribution in [0.1, 0.15) is 10.4 Å². The minimum Gasteiger partial charge on any atom is -0.477 e. The van der Waals surface area contributed by atoms with Crippen LogP contribution in [0, 0.1) is 3.57 Å². The molecule has 0 aliphatic carbocycles. The largest absolute Gasteiger partial charge is 0.477 e. The van der Waals surface area contributed by atoms with Crippen molar-refractivity contribution in [3.05, 3.63) is 63.9 Å². The van der Waals surface area contributed by atoms with E-state index in [1.165, 1.54) is 6.20 Å². The first kappa shape index (κ1) is 13.8. The molecular formula is C16H10INO3. The van der Waals surface area contributed by atoms with Crippen LogP contribution in [-0.2, 0) is 0 Å². The molecule has 0 spiro atoms. The van der Waals surface area contributed by atoms with Gasteiger partial charge in [0.25, 0.3) is 0 Å². The molecular weight excluding hydrogens is 381 g/mol. The van der Waals surface area contributed by atoms with E-state index in [-0.39, 0.29) is 5.56 Å². The summed E-state index contributed by atoms with van der Waals surface area (Å²) in [6, 6.07) is 14.8. The normalized spacial score (nSPS) is 10.5. The number of para-hydroxylation sites is 1. The number of carbonyl (C=O) groups is 1. The molecule has 0 bridgehead atoms. The first-order chi connectivity index (χ1) is 10.1. The maximum absolute atomic E-state index is 11.4. The van der Waals surface area contributed by atoms with E-state index >= 15 is 0 Å². The highest BCUT2D eigenvalue weighted by Crippen LogP contribution is 2.32. The molecule has 1 N–H and O–H groups in total. The molecule has 4 nitrogen and oxygen atoms in total. The lowest BCUT2D eigenvalue weighted by atomic mass is 10.1. The van der Waals surface area contributed by atoms with Crippen LogP contribution in [0.15, 0.2) is 54.7 Å². The molecule has 3 rings (SSSR count). The molecule has 0 fully saturated rings. The number of nitrogens with zero attached hydrogens (tertiary/aromatic N) is 1. The molecule has 0 saturated heterocycles. The highest BCUT2D eigenvalue weighted by atomic mass is 127. The smallest absolute Gasteiger partial charge is 0.341 e. The highest BCUT2D eigenvalue weighted by Gasteiger charge is 2.16. The fourth-order valence-electron chi connectivity index (χ4n) is 2.03. The molecule has 1 heterocycles. The second-order valence-electron chi connectivity index (χ2n) is 4.38. The number of ether oxygens (including phenoxy) is 1. The zero-order valence-corrected chi connectivity index (χ0v) is 12.9. The lowest BCUT2D eigenvalue weighted by Crippen LogP contribution is -2.02. The molecule has 0 radical (unpaired) electrons. The summed E-state index contributed by atoms with van der Waals surface area (Å²) in [6.45, 7) is 0. The van der Waals surface area contributed by atoms with Crippen LogP contribution in [0.4, 0.5) is 0 Å². The van der Waals surface area contributed by atoms with Crippen molar-refractivity contribution in [1.29, 1.82) is 0 Å². The van der Waals surface area contributed by atoms with Crippen molar-refractivity contribution in [3.8, 4) is 11.5 Å². The van der Waals surface area contributed by atoms with Crippen molar-refractivity contribution in [2.45, 2.75) is 0 Å². The van der Waals surface area contributed by atoms with Gasteiger partial charge >= 0.3 is 5.97 Å². The number of fused-ring (bicyclic) bond motifs is 1. The third kappa shape index (κ3) is 2.82. The predicted molar refractivity (Wildman–Crippen MR) is 87.9 cm³/mol. The number of aromatic carboxylic acids is 1. The summed E-state index contributed by atoms with van der Waals surface area (Å²) in [4.78, 5) is 15.6. The van der Waals surface area contributed by atoms with E-state index in [1.807, 2.05) is 36.4 Å². The topological polar surface area (TPSA) is 59.4 Å². The quantitative estimate of drug-likeness (QED) is 0.676. The van der Waals surface area contributed by atoms with Crippen molar-refractivity contribution in [1.82, 2.24) is 4.98 Å². The van der Waals surface area contributed by atoms with Crippen LogP contribution in [0.2, 0.25) is 0 Å². The highest BCUT2D eigenvalue weighted by molar-refractivity contribution is 14.1. The van der Waals surface area contributed by atoms with Crippen molar-refractivity contribution < 1.29 is 14.6 Å². The van der Waals surface area contributed by atoms with Gasteiger partial charge in [-0.05, 0) is 52.9 Å². The van der Waals surface area contributed by atoms with E-state index < -0.39 is 5.97 Å². The lowest BCUT2D eigenvalue weighted by molar-refractivity contribution is 0.0694. The van der Waals surface area contributed by atoms with Crippen molar-refractivity contribution in [3.63, 3.8) is 0 Å². The Hall–Kier alpha value is -2.15. The SMILES string of the molecule is O=C(O)c1cnc2ccccc2c1Oc1cccc(I)c1. The predicted octanol–water partition coefficient (Wildman–Crippen LogP) is 4.33. The maximum Gasteiger partial charge on any atom is 0.341 e. The van der Waals surface area contributed by atoms with E-state index in [9.17, 15) is 9.90 Å². The van der Waals surface area contributed by atoms with Gasteiger partial charge in [0.15, 0.2) is 5.75 Å². The number of rotatable bonds is 3. The van der Waals surface area contributed by atoms with E-state index in [0.717, 1.165) is 3.57 Å². The summed E-state index contributed by atoms with van der Waals surface area (Å²) in [7, 11) is 0. The van der Waals surface area contributed by atoms with E-state index in [4.69, 9.17) is 4.74 Å². The Kier molecular flexibility index (Phi) is 3.74. The van der Waals surface area contributed by atoms with Crippen LogP contribution in [0.3, 0.4) is 0 Å². The van der Waals surface area contributed by atoms with Crippen LogP contribution >= 0.6 is 22.6 Å². The van der Waals surface area contributed by atoms with Crippen molar-refractivity contribution in [2.75, 3.05) is 0 Å². The Morgan fingerprint density at radius 1 is 1.14 bits per heavy atom. The summed E-state index contributed by atoms with van der Waals surface area (Å²) >= 11 is 2.18. The fraction of sp³-hybridized carbons (Fsp3) is 0. The number of aromatic nitrogens is 1. The number of benzene rings is 2. The van der Waals surface area contributed by atoms with Gasteiger partial charge in [-0.2, -0.15) is 0 Å². The molecule has 104 valence electrons. The molecule has 0 unspecified atom stereocenters. The van der Waals surface area contributed by atoms with Crippen LogP contribution in [0.5, 0.6) is 11.5 Å². The first-order valence-electron chi connectivity index (χ1n) is 6.19. The molecule has 3 aromatic rings. The summed E-state index contributed by atoms with van der Waals surface area (Å²) in [5, 5.41) is 10.0. The number of hydrogen-bond donors (Lipinski definition) is 1. The van der Waals surface area contributed by atoms with Crippen LogP contribution in [-0.4, -0.2) is 16.1 Å². The van der Waals surface area contributed by atoms with Gasteiger partial charge in [-0.25, -0.2) is 4.79 Å². The molecule has 0 saturated carbocycles. The summed E-state index contributed by atoms with van der Waals surface area (Å²) in [5.74, 6) is -0.148. The molecule has 2 aromatic carbocycles. The third-order valence-corrected chi connectivity index (χ3v) is 3.64.